The van der Waals surface area contributed by atoms with Crippen molar-refractivity contribution in [3.63, 3.8) is 0 Å². The van der Waals surface area contributed by atoms with Crippen LogP contribution in [0.3, 0.4) is 0 Å². The average molecular weight is 231 g/mol. The summed E-state index contributed by atoms with van der Waals surface area (Å²) >= 11 is 0. The maximum absolute atomic E-state index is 12.5. The molecule has 0 spiro atoms. The lowest BCUT2D eigenvalue weighted by Crippen LogP contribution is -2.24. The molecule has 0 aliphatic heterocycles. The third-order valence-electron chi connectivity index (χ3n) is 2.69. The van der Waals surface area contributed by atoms with E-state index in [0.717, 1.165) is 25.3 Å². The van der Waals surface area contributed by atoms with Crippen molar-refractivity contribution < 1.29 is 17.9 Å². The number of ether oxygens (including phenoxy) is 1. The van der Waals surface area contributed by atoms with Crippen molar-refractivity contribution in [2.75, 3.05) is 5.73 Å². The zero-order valence-corrected chi connectivity index (χ0v) is 8.55. The van der Waals surface area contributed by atoms with Crippen LogP contribution in [0.4, 0.5) is 18.9 Å². The van der Waals surface area contributed by atoms with Gasteiger partial charge in [0.2, 0.25) is 0 Å². The first kappa shape index (κ1) is 11.1. The van der Waals surface area contributed by atoms with Crippen LogP contribution in [0, 0.1) is 0 Å². The summed E-state index contributed by atoms with van der Waals surface area (Å²) in [6.07, 6.45) is -1.48. The van der Waals surface area contributed by atoms with Crippen LogP contribution in [-0.4, -0.2) is 6.10 Å². The molecular formula is C11H12F3NO. The van der Waals surface area contributed by atoms with Crippen molar-refractivity contribution in [1.29, 1.82) is 0 Å². The molecule has 0 saturated heterocycles. The van der Waals surface area contributed by atoms with Crippen molar-refractivity contribution in [2.24, 2.45) is 0 Å². The number of nitrogens with two attached hydrogens (primary N) is 1. The van der Waals surface area contributed by atoms with E-state index in [1.54, 1.807) is 0 Å². The van der Waals surface area contributed by atoms with E-state index >= 15 is 0 Å². The first-order chi connectivity index (χ1) is 7.47. The van der Waals surface area contributed by atoms with Gasteiger partial charge in [-0.15, -0.1) is 0 Å². The fourth-order valence-corrected chi connectivity index (χ4v) is 1.54. The van der Waals surface area contributed by atoms with E-state index < -0.39 is 11.7 Å². The monoisotopic (exact) mass is 231 g/mol. The van der Waals surface area contributed by atoms with Crippen molar-refractivity contribution in [3.05, 3.63) is 23.8 Å². The van der Waals surface area contributed by atoms with Gasteiger partial charge in [-0.25, -0.2) is 0 Å². The summed E-state index contributed by atoms with van der Waals surface area (Å²) in [6, 6.07) is 3.67. The molecule has 0 radical (unpaired) electrons. The van der Waals surface area contributed by atoms with Crippen LogP contribution < -0.4 is 10.5 Å². The Labute approximate surface area is 91.2 Å². The van der Waals surface area contributed by atoms with E-state index in [1.165, 1.54) is 12.1 Å². The number of anilines is 1. The number of alkyl halides is 3. The molecule has 0 heterocycles. The van der Waals surface area contributed by atoms with Crippen LogP contribution in [0.1, 0.15) is 24.8 Å². The first-order valence-electron chi connectivity index (χ1n) is 5.10. The predicted molar refractivity (Wildman–Crippen MR) is 54.1 cm³/mol. The normalized spacial score (nSPS) is 16.9. The lowest BCUT2D eigenvalue weighted by atomic mass is 9.96. The van der Waals surface area contributed by atoms with Gasteiger partial charge in [-0.1, -0.05) is 0 Å². The second-order valence-electron chi connectivity index (χ2n) is 3.92. The highest BCUT2D eigenvalue weighted by atomic mass is 19.4. The van der Waals surface area contributed by atoms with E-state index in [9.17, 15) is 13.2 Å². The molecule has 2 rings (SSSR count). The summed E-state index contributed by atoms with van der Waals surface area (Å²) in [4.78, 5) is 0. The Morgan fingerprint density at radius 2 is 1.94 bits per heavy atom. The lowest BCUT2D eigenvalue weighted by molar-refractivity contribution is -0.137. The average Bonchev–Trinajstić information content (AvgIpc) is 2.12. The minimum atomic E-state index is -4.43. The molecule has 1 aromatic carbocycles. The predicted octanol–water partition coefficient (Wildman–Crippen LogP) is 3.22. The Hall–Kier alpha value is -1.39. The molecular weight excluding hydrogens is 219 g/mol. The molecule has 0 bridgehead atoms. The first-order valence-corrected chi connectivity index (χ1v) is 5.10. The zero-order chi connectivity index (χ0) is 11.8. The van der Waals surface area contributed by atoms with Gasteiger partial charge in [0.1, 0.15) is 5.75 Å². The van der Waals surface area contributed by atoms with Crippen molar-refractivity contribution in [3.8, 4) is 5.75 Å². The second kappa shape index (κ2) is 3.88. The van der Waals surface area contributed by atoms with Crippen LogP contribution in [0.5, 0.6) is 5.75 Å². The maximum atomic E-state index is 12.5. The summed E-state index contributed by atoms with van der Waals surface area (Å²) in [5.41, 5.74) is 4.18. The van der Waals surface area contributed by atoms with Gasteiger partial charge in [-0.2, -0.15) is 13.2 Å². The maximum Gasteiger partial charge on any atom is 0.418 e. The smallest absolute Gasteiger partial charge is 0.418 e. The molecule has 2 nitrogen and oxygen atoms in total. The van der Waals surface area contributed by atoms with E-state index in [1.807, 2.05) is 0 Å². The fraction of sp³-hybridized carbons (Fsp3) is 0.455. The van der Waals surface area contributed by atoms with Crippen molar-refractivity contribution in [2.45, 2.75) is 31.5 Å². The Morgan fingerprint density at radius 3 is 2.44 bits per heavy atom. The van der Waals surface area contributed by atoms with Gasteiger partial charge in [0, 0.05) is 5.69 Å². The highest BCUT2D eigenvalue weighted by molar-refractivity contribution is 5.52. The molecule has 2 N–H and O–H groups in total. The summed E-state index contributed by atoms with van der Waals surface area (Å²) in [5.74, 6) is 0.242. The third kappa shape index (κ3) is 2.23. The van der Waals surface area contributed by atoms with Crippen LogP contribution in [-0.2, 0) is 6.18 Å². The van der Waals surface area contributed by atoms with Gasteiger partial charge in [0.05, 0.1) is 11.7 Å². The second-order valence-corrected chi connectivity index (χ2v) is 3.92. The largest absolute Gasteiger partial charge is 0.490 e. The molecule has 5 heteroatoms. The SMILES string of the molecule is Nc1ccc(OC2CCC2)cc1C(F)(F)F. The number of hydrogen-bond donors (Lipinski definition) is 1. The van der Waals surface area contributed by atoms with Gasteiger partial charge in [-0.05, 0) is 37.5 Å². The van der Waals surface area contributed by atoms with Crippen LogP contribution in [0.2, 0.25) is 0 Å². The van der Waals surface area contributed by atoms with E-state index in [0.29, 0.717) is 0 Å². The van der Waals surface area contributed by atoms with Crippen LogP contribution >= 0.6 is 0 Å². The molecule has 1 fully saturated rings. The number of benzene rings is 1. The molecule has 1 aromatic rings. The molecule has 16 heavy (non-hydrogen) atoms. The van der Waals surface area contributed by atoms with Gasteiger partial charge in [0.15, 0.2) is 0 Å². The molecule has 0 aromatic heterocycles. The van der Waals surface area contributed by atoms with E-state index in [4.69, 9.17) is 10.5 Å². The highest BCUT2D eigenvalue weighted by Crippen LogP contribution is 2.36. The Morgan fingerprint density at radius 1 is 1.25 bits per heavy atom. The van der Waals surface area contributed by atoms with E-state index in [-0.39, 0.29) is 17.5 Å². The standard InChI is InChI=1S/C11H12F3NO/c12-11(13,14)9-6-8(4-5-10(9)15)16-7-2-1-3-7/h4-7H,1-3,15H2. The molecule has 1 saturated carbocycles. The van der Waals surface area contributed by atoms with E-state index in [2.05, 4.69) is 0 Å². The van der Waals surface area contributed by atoms with Gasteiger partial charge >= 0.3 is 6.18 Å². The summed E-state index contributed by atoms with van der Waals surface area (Å²) in [5, 5.41) is 0. The number of rotatable bonds is 2. The molecule has 1 aliphatic carbocycles. The Kier molecular flexibility index (Phi) is 2.69. The quantitative estimate of drug-likeness (QED) is 0.793. The topological polar surface area (TPSA) is 35.2 Å². The molecule has 0 amide bonds. The molecule has 88 valence electrons. The number of nitrogen functional groups attached to an aromatic ring is 1. The van der Waals surface area contributed by atoms with Gasteiger partial charge in [-0.3, -0.25) is 0 Å². The van der Waals surface area contributed by atoms with Crippen molar-refractivity contribution in [1.82, 2.24) is 0 Å². The van der Waals surface area contributed by atoms with Crippen LogP contribution in [0.25, 0.3) is 0 Å². The lowest BCUT2D eigenvalue weighted by Gasteiger charge is -2.26. The molecule has 1 aliphatic rings. The van der Waals surface area contributed by atoms with Crippen LogP contribution in [0.15, 0.2) is 18.2 Å². The number of hydrogen-bond acceptors (Lipinski definition) is 2. The summed E-state index contributed by atoms with van der Waals surface area (Å²) < 4.78 is 43.0. The van der Waals surface area contributed by atoms with Gasteiger partial charge < -0.3 is 10.5 Å². The zero-order valence-electron chi connectivity index (χ0n) is 8.55. The Balaban J connectivity index is 2.20. The summed E-state index contributed by atoms with van der Waals surface area (Å²) in [6.45, 7) is 0. The molecule has 0 unspecified atom stereocenters. The fourth-order valence-electron chi connectivity index (χ4n) is 1.54. The third-order valence-corrected chi connectivity index (χ3v) is 2.69. The summed E-state index contributed by atoms with van der Waals surface area (Å²) in [7, 11) is 0. The van der Waals surface area contributed by atoms with Crippen molar-refractivity contribution >= 4 is 5.69 Å². The minimum absolute atomic E-state index is 0.0599. The Bertz CT molecular complexity index is 385. The minimum Gasteiger partial charge on any atom is -0.490 e. The molecule has 0 atom stereocenters. The van der Waals surface area contributed by atoms with Gasteiger partial charge in [0.25, 0.3) is 0 Å². The number of halogens is 3. The highest BCUT2D eigenvalue weighted by Gasteiger charge is 2.33.